The number of nitrogen functional groups attached to an aromatic ring is 1. The molecule has 0 radical (unpaired) electrons. The molecule has 0 amide bonds. The molecule has 2 heterocycles. The van der Waals surface area contributed by atoms with Crippen LogP contribution in [-0.2, 0) is 0 Å². The Hall–Kier alpha value is -2.93. The van der Waals surface area contributed by atoms with Crippen molar-refractivity contribution in [2.75, 3.05) is 11.1 Å². The van der Waals surface area contributed by atoms with Crippen molar-refractivity contribution in [3.05, 3.63) is 48.3 Å². The molecule has 0 aliphatic heterocycles. The number of nitrogens with two attached hydrogens (primary N) is 1. The normalized spacial score (nSPS) is 12.4. The predicted molar refractivity (Wildman–Crippen MR) is 108 cm³/mol. The highest BCUT2D eigenvalue weighted by molar-refractivity contribution is 7.22. The number of hydrogen-bond acceptors (Lipinski definition) is 6. The van der Waals surface area contributed by atoms with E-state index in [0.717, 1.165) is 27.3 Å². The predicted octanol–water partition coefficient (Wildman–Crippen LogP) is 5.55. The molecule has 3 N–H and O–H groups in total. The minimum atomic E-state index is -0.369. The summed E-state index contributed by atoms with van der Waals surface area (Å²) in [7, 11) is 0. The zero-order valence-corrected chi connectivity index (χ0v) is 15.8. The Labute approximate surface area is 160 Å². The van der Waals surface area contributed by atoms with Crippen LogP contribution < -0.4 is 11.1 Å². The van der Waals surface area contributed by atoms with E-state index in [-0.39, 0.29) is 11.7 Å². The summed E-state index contributed by atoms with van der Waals surface area (Å²) >= 11 is 1.57. The van der Waals surface area contributed by atoms with Gasteiger partial charge in [0.1, 0.15) is 11.5 Å². The third-order valence-electron chi connectivity index (χ3n) is 4.51. The SMILES string of the molecule is CC[C@@H](C)Nc1nc2ccc(-c3c(-c4ccccc4F)noc3N)cc2s1. The summed E-state index contributed by atoms with van der Waals surface area (Å²) in [5.41, 5.74) is 9.08. The lowest BCUT2D eigenvalue weighted by atomic mass is 10.0. The Morgan fingerprint density at radius 3 is 2.85 bits per heavy atom. The first-order valence-corrected chi connectivity index (χ1v) is 9.56. The lowest BCUT2D eigenvalue weighted by molar-refractivity contribution is 0.439. The largest absolute Gasteiger partial charge is 0.367 e. The highest BCUT2D eigenvalue weighted by Crippen LogP contribution is 2.39. The van der Waals surface area contributed by atoms with Crippen LogP contribution in [0.3, 0.4) is 0 Å². The van der Waals surface area contributed by atoms with Crippen LogP contribution in [0.1, 0.15) is 20.3 Å². The molecule has 4 aromatic rings. The fourth-order valence-corrected chi connectivity index (χ4v) is 3.89. The summed E-state index contributed by atoms with van der Waals surface area (Å²) < 4.78 is 20.4. The summed E-state index contributed by atoms with van der Waals surface area (Å²) in [5, 5.41) is 8.27. The van der Waals surface area contributed by atoms with Crippen LogP contribution in [0.25, 0.3) is 32.6 Å². The zero-order chi connectivity index (χ0) is 19.0. The van der Waals surface area contributed by atoms with E-state index in [4.69, 9.17) is 10.3 Å². The number of anilines is 2. The molecule has 0 aliphatic rings. The monoisotopic (exact) mass is 382 g/mol. The molecule has 0 unspecified atom stereocenters. The average Bonchev–Trinajstić information content (AvgIpc) is 3.24. The molecule has 5 nitrogen and oxygen atoms in total. The molecule has 1 atom stereocenters. The van der Waals surface area contributed by atoms with Crippen LogP contribution in [-0.4, -0.2) is 16.2 Å². The summed E-state index contributed by atoms with van der Waals surface area (Å²) in [5.74, 6) is -0.207. The number of rotatable bonds is 5. The minimum absolute atomic E-state index is 0.162. The number of thiazole rings is 1. The van der Waals surface area contributed by atoms with Crippen LogP contribution in [0.15, 0.2) is 47.0 Å². The molecule has 0 spiro atoms. The van der Waals surface area contributed by atoms with E-state index in [2.05, 4.69) is 29.3 Å². The van der Waals surface area contributed by atoms with Crippen molar-refractivity contribution in [3.8, 4) is 22.4 Å². The molecule has 0 fully saturated rings. The minimum Gasteiger partial charge on any atom is -0.367 e. The fraction of sp³-hybridized carbons (Fsp3) is 0.200. The summed E-state index contributed by atoms with van der Waals surface area (Å²) in [6.07, 6.45) is 1.02. The van der Waals surface area contributed by atoms with E-state index < -0.39 is 0 Å². The summed E-state index contributed by atoms with van der Waals surface area (Å²) in [6, 6.07) is 12.6. The Kier molecular flexibility index (Phi) is 4.53. The maximum absolute atomic E-state index is 14.3. The maximum Gasteiger partial charge on any atom is 0.230 e. The van der Waals surface area contributed by atoms with Crippen molar-refractivity contribution >= 4 is 32.6 Å². The van der Waals surface area contributed by atoms with Crippen LogP contribution in [0.2, 0.25) is 0 Å². The van der Waals surface area contributed by atoms with Crippen molar-refractivity contribution in [3.63, 3.8) is 0 Å². The third kappa shape index (κ3) is 3.26. The van der Waals surface area contributed by atoms with E-state index in [1.54, 1.807) is 29.5 Å². The van der Waals surface area contributed by atoms with Gasteiger partial charge in [0, 0.05) is 11.6 Å². The number of halogens is 1. The maximum atomic E-state index is 14.3. The lowest BCUT2D eigenvalue weighted by Gasteiger charge is -2.08. The molecule has 2 aromatic carbocycles. The van der Waals surface area contributed by atoms with E-state index >= 15 is 0 Å². The van der Waals surface area contributed by atoms with Crippen molar-refractivity contribution in [2.45, 2.75) is 26.3 Å². The molecular weight excluding hydrogens is 363 g/mol. The molecule has 2 aromatic heterocycles. The van der Waals surface area contributed by atoms with Crippen LogP contribution in [0.4, 0.5) is 15.4 Å². The van der Waals surface area contributed by atoms with Gasteiger partial charge in [-0.05, 0) is 43.2 Å². The number of aromatic nitrogens is 2. The molecule has 138 valence electrons. The zero-order valence-electron chi connectivity index (χ0n) is 15.0. The van der Waals surface area contributed by atoms with Crippen molar-refractivity contribution < 1.29 is 8.91 Å². The fourth-order valence-electron chi connectivity index (χ4n) is 2.87. The Bertz CT molecular complexity index is 1100. The average molecular weight is 382 g/mol. The molecular formula is C20H19FN4OS. The molecule has 0 saturated carbocycles. The highest BCUT2D eigenvalue weighted by Gasteiger charge is 2.20. The van der Waals surface area contributed by atoms with E-state index in [1.807, 2.05) is 18.2 Å². The number of hydrogen-bond donors (Lipinski definition) is 2. The molecule has 0 saturated heterocycles. The van der Waals surface area contributed by atoms with Gasteiger partial charge in [0.15, 0.2) is 5.13 Å². The summed E-state index contributed by atoms with van der Waals surface area (Å²) in [4.78, 5) is 4.62. The topological polar surface area (TPSA) is 77.0 Å². The summed E-state index contributed by atoms with van der Waals surface area (Å²) in [6.45, 7) is 4.25. The second-order valence-corrected chi connectivity index (χ2v) is 7.44. The standard InChI is InChI=1S/C20H19FN4OS/c1-3-11(2)23-20-24-15-9-8-12(10-16(15)27-20)17-18(25-26-19(17)22)13-6-4-5-7-14(13)21/h4-11H,3,22H2,1-2H3,(H,23,24)/t11-/m1/s1. The van der Waals surface area contributed by atoms with Gasteiger partial charge in [-0.25, -0.2) is 9.37 Å². The van der Waals surface area contributed by atoms with E-state index in [9.17, 15) is 4.39 Å². The Morgan fingerprint density at radius 2 is 2.07 bits per heavy atom. The van der Waals surface area contributed by atoms with E-state index in [1.165, 1.54) is 6.07 Å². The third-order valence-corrected chi connectivity index (χ3v) is 5.46. The Morgan fingerprint density at radius 1 is 1.26 bits per heavy atom. The number of fused-ring (bicyclic) bond motifs is 1. The Balaban J connectivity index is 1.79. The number of nitrogens with zero attached hydrogens (tertiary/aromatic N) is 2. The molecule has 7 heteroatoms. The van der Waals surface area contributed by atoms with Crippen LogP contribution >= 0.6 is 11.3 Å². The highest BCUT2D eigenvalue weighted by atomic mass is 32.1. The van der Waals surface area contributed by atoms with Gasteiger partial charge in [0.25, 0.3) is 0 Å². The van der Waals surface area contributed by atoms with Gasteiger partial charge in [-0.3, -0.25) is 0 Å². The first kappa shape index (κ1) is 17.5. The molecule has 27 heavy (non-hydrogen) atoms. The van der Waals surface area contributed by atoms with Crippen LogP contribution in [0, 0.1) is 5.82 Å². The lowest BCUT2D eigenvalue weighted by Crippen LogP contribution is -2.12. The quantitative estimate of drug-likeness (QED) is 0.473. The molecule has 0 aliphatic carbocycles. The van der Waals surface area contributed by atoms with Gasteiger partial charge >= 0.3 is 0 Å². The van der Waals surface area contributed by atoms with Gasteiger partial charge in [-0.2, -0.15) is 0 Å². The first-order chi connectivity index (χ1) is 13.1. The van der Waals surface area contributed by atoms with Gasteiger partial charge in [-0.1, -0.05) is 41.6 Å². The van der Waals surface area contributed by atoms with Gasteiger partial charge < -0.3 is 15.6 Å². The molecule has 0 bridgehead atoms. The second kappa shape index (κ2) is 7.00. The van der Waals surface area contributed by atoms with Gasteiger partial charge in [0.05, 0.1) is 15.8 Å². The van der Waals surface area contributed by atoms with Crippen molar-refractivity contribution in [2.24, 2.45) is 0 Å². The number of benzene rings is 2. The molecule has 4 rings (SSSR count). The van der Waals surface area contributed by atoms with E-state index in [0.29, 0.717) is 22.9 Å². The van der Waals surface area contributed by atoms with Crippen LogP contribution in [0.5, 0.6) is 0 Å². The van der Waals surface area contributed by atoms with Gasteiger partial charge in [-0.15, -0.1) is 0 Å². The van der Waals surface area contributed by atoms with Gasteiger partial charge in [0.2, 0.25) is 5.88 Å². The smallest absolute Gasteiger partial charge is 0.230 e. The second-order valence-electron chi connectivity index (χ2n) is 6.41. The van der Waals surface area contributed by atoms with Crippen molar-refractivity contribution in [1.82, 2.24) is 10.1 Å². The first-order valence-electron chi connectivity index (χ1n) is 8.74. The number of nitrogens with one attached hydrogen (secondary N) is 1. The van der Waals surface area contributed by atoms with Crippen molar-refractivity contribution in [1.29, 1.82) is 0 Å².